The van der Waals surface area contributed by atoms with Crippen molar-refractivity contribution in [3.8, 4) is 0 Å². The van der Waals surface area contributed by atoms with Crippen LogP contribution in [0.15, 0.2) is 96.4 Å². The Balaban J connectivity index is 1.37. The number of amides is 2. The number of rotatable bonds is 9. The van der Waals surface area contributed by atoms with E-state index in [9.17, 15) is 9.59 Å². The Labute approximate surface area is 209 Å². The third-order valence-corrected chi connectivity index (χ3v) is 6.89. The summed E-state index contributed by atoms with van der Waals surface area (Å²) in [6.45, 7) is 2.58. The Hall–Kier alpha value is -3.91. The number of hydrogen-bond donors (Lipinski definition) is 2. The summed E-state index contributed by atoms with van der Waals surface area (Å²) in [5, 5.41) is 14.4. The van der Waals surface area contributed by atoms with Crippen LogP contribution in [0.3, 0.4) is 0 Å². The topological polar surface area (TPSA) is 88.9 Å². The summed E-state index contributed by atoms with van der Waals surface area (Å²) in [6.07, 6.45) is 1.59. The van der Waals surface area contributed by atoms with Gasteiger partial charge in [-0.1, -0.05) is 72.4 Å². The maximum Gasteiger partial charge on any atom is 0.251 e. The molecule has 0 atom stereocenters. The third kappa shape index (κ3) is 5.96. The van der Waals surface area contributed by atoms with Gasteiger partial charge in [-0.05, 0) is 42.3 Å². The van der Waals surface area contributed by atoms with Crippen molar-refractivity contribution in [3.63, 3.8) is 0 Å². The van der Waals surface area contributed by atoms with Gasteiger partial charge in [0.1, 0.15) is 6.33 Å². The highest BCUT2D eigenvalue weighted by Gasteiger charge is 2.29. The predicted molar refractivity (Wildman–Crippen MR) is 138 cm³/mol. The SMILES string of the molecule is Cn1cnnc1SCC(=O)Nc1ccc(C(=O)NCC(C)(c2ccccc2)c2ccccc2)cc1. The average molecular weight is 486 g/mol. The Morgan fingerprint density at radius 3 is 2.06 bits per heavy atom. The fraction of sp³-hybridized carbons (Fsp3) is 0.185. The van der Waals surface area contributed by atoms with Gasteiger partial charge in [-0.3, -0.25) is 9.59 Å². The first kappa shape index (κ1) is 24.2. The molecule has 8 heteroatoms. The van der Waals surface area contributed by atoms with E-state index >= 15 is 0 Å². The predicted octanol–water partition coefficient (Wildman–Crippen LogP) is 4.28. The first-order valence-corrected chi connectivity index (χ1v) is 12.2. The zero-order valence-electron chi connectivity index (χ0n) is 19.6. The van der Waals surface area contributed by atoms with E-state index in [0.29, 0.717) is 23.0 Å². The van der Waals surface area contributed by atoms with Crippen LogP contribution in [-0.4, -0.2) is 38.9 Å². The van der Waals surface area contributed by atoms with Gasteiger partial charge in [0.25, 0.3) is 5.91 Å². The van der Waals surface area contributed by atoms with Gasteiger partial charge in [0.2, 0.25) is 5.91 Å². The van der Waals surface area contributed by atoms with E-state index in [1.807, 2.05) is 43.4 Å². The molecule has 1 aromatic heterocycles. The zero-order chi connectivity index (χ0) is 24.7. The number of nitrogens with one attached hydrogen (secondary N) is 2. The highest BCUT2D eigenvalue weighted by atomic mass is 32.2. The number of nitrogens with zero attached hydrogens (tertiary/aromatic N) is 3. The standard InChI is InChI=1S/C27H27N5O2S/c1-27(21-9-5-3-6-10-21,22-11-7-4-8-12-22)18-28-25(34)20-13-15-23(16-14-20)30-24(33)17-35-26-31-29-19-32(26)2/h3-16,19H,17-18H2,1-2H3,(H,28,34)(H,30,33). The molecule has 0 radical (unpaired) electrons. The number of thioether (sulfide) groups is 1. The van der Waals surface area contributed by atoms with Gasteiger partial charge in [-0.25, -0.2) is 0 Å². The number of benzene rings is 3. The molecule has 3 aromatic carbocycles. The molecule has 0 saturated heterocycles. The summed E-state index contributed by atoms with van der Waals surface area (Å²) < 4.78 is 1.76. The van der Waals surface area contributed by atoms with Crippen molar-refractivity contribution >= 4 is 29.3 Å². The van der Waals surface area contributed by atoms with Crippen LogP contribution in [0, 0.1) is 0 Å². The first-order chi connectivity index (χ1) is 17.0. The summed E-state index contributed by atoms with van der Waals surface area (Å²) in [4.78, 5) is 25.2. The number of anilines is 1. The molecule has 0 aliphatic carbocycles. The van der Waals surface area contributed by atoms with Gasteiger partial charge >= 0.3 is 0 Å². The van der Waals surface area contributed by atoms with Gasteiger partial charge < -0.3 is 15.2 Å². The van der Waals surface area contributed by atoms with E-state index in [1.54, 1.807) is 35.2 Å². The van der Waals surface area contributed by atoms with E-state index < -0.39 is 0 Å². The average Bonchev–Trinajstić information content (AvgIpc) is 3.32. The molecule has 7 nitrogen and oxygen atoms in total. The fourth-order valence-electron chi connectivity index (χ4n) is 3.78. The van der Waals surface area contributed by atoms with Crippen molar-refractivity contribution in [1.82, 2.24) is 20.1 Å². The normalized spacial score (nSPS) is 11.1. The summed E-state index contributed by atoms with van der Waals surface area (Å²) >= 11 is 1.31. The lowest BCUT2D eigenvalue weighted by Crippen LogP contribution is -2.39. The Morgan fingerprint density at radius 1 is 0.914 bits per heavy atom. The fourth-order valence-corrected chi connectivity index (χ4v) is 4.47. The molecule has 1 heterocycles. The highest BCUT2D eigenvalue weighted by Crippen LogP contribution is 2.31. The van der Waals surface area contributed by atoms with Crippen LogP contribution in [0.5, 0.6) is 0 Å². The Kier molecular flexibility index (Phi) is 7.62. The summed E-state index contributed by atoms with van der Waals surface area (Å²) in [6, 6.07) is 27.2. The molecule has 0 saturated carbocycles. The number of carbonyl (C=O) groups excluding carboxylic acids is 2. The van der Waals surface area contributed by atoms with Gasteiger partial charge in [-0.15, -0.1) is 10.2 Å². The maximum absolute atomic E-state index is 12.9. The quantitative estimate of drug-likeness (QED) is 0.346. The monoisotopic (exact) mass is 485 g/mol. The van der Waals surface area contributed by atoms with Gasteiger partial charge in [0, 0.05) is 30.3 Å². The molecular weight excluding hydrogens is 458 g/mol. The van der Waals surface area contributed by atoms with Crippen molar-refractivity contribution in [2.45, 2.75) is 17.5 Å². The lowest BCUT2D eigenvalue weighted by molar-refractivity contribution is -0.113. The first-order valence-electron chi connectivity index (χ1n) is 11.2. The molecule has 178 valence electrons. The van der Waals surface area contributed by atoms with E-state index in [2.05, 4.69) is 52.0 Å². The van der Waals surface area contributed by atoms with Crippen molar-refractivity contribution < 1.29 is 9.59 Å². The summed E-state index contributed by atoms with van der Waals surface area (Å²) in [5.41, 5.74) is 3.03. The molecule has 0 fully saturated rings. The lowest BCUT2D eigenvalue weighted by Gasteiger charge is -2.31. The number of hydrogen-bond acceptors (Lipinski definition) is 5. The van der Waals surface area contributed by atoms with Crippen LogP contribution in [0.4, 0.5) is 5.69 Å². The number of aryl methyl sites for hydroxylation is 1. The molecule has 2 amide bonds. The lowest BCUT2D eigenvalue weighted by atomic mass is 9.76. The summed E-state index contributed by atoms with van der Waals surface area (Å²) in [5.74, 6) is -0.109. The molecule has 4 aromatic rings. The Morgan fingerprint density at radius 2 is 1.51 bits per heavy atom. The molecule has 2 N–H and O–H groups in total. The molecule has 4 rings (SSSR count). The second kappa shape index (κ2) is 11.0. The minimum absolute atomic E-state index is 0.156. The van der Waals surface area contributed by atoms with Crippen molar-refractivity contribution in [2.75, 3.05) is 17.6 Å². The second-order valence-corrected chi connectivity index (χ2v) is 9.33. The van der Waals surface area contributed by atoms with Crippen LogP contribution in [0.2, 0.25) is 0 Å². The molecule has 0 bridgehead atoms. The molecule has 0 unspecified atom stereocenters. The minimum atomic E-state index is -0.382. The van der Waals surface area contributed by atoms with Gasteiger partial charge in [0.05, 0.1) is 5.75 Å². The maximum atomic E-state index is 12.9. The molecule has 35 heavy (non-hydrogen) atoms. The molecule has 0 aliphatic heterocycles. The van der Waals surface area contributed by atoms with E-state index in [1.165, 1.54) is 11.8 Å². The third-order valence-electron chi connectivity index (χ3n) is 5.86. The zero-order valence-corrected chi connectivity index (χ0v) is 20.5. The molecule has 0 spiro atoms. The smallest absolute Gasteiger partial charge is 0.251 e. The minimum Gasteiger partial charge on any atom is -0.351 e. The molecular formula is C27H27N5O2S. The van der Waals surface area contributed by atoms with E-state index in [-0.39, 0.29) is 23.0 Å². The van der Waals surface area contributed by atoms with E-state index in [0.717, 1.165) is 11.1 Å². The van der Waals surface area contributed by atoms with E-state index in [4.69, 9.17) is 0 Å². The van der Waals surface area contributed by atoms with Crippen LogP contribution in [-0.2, 0) is 17.3 Å². The van der Waals surface area contributed by atoms with Crippen molar-refractivity contribution in [1.29, 1.82) is 0 Å². The number of carbonyl (C=O) groups is 2. The highest BCUT2D eigenvalue weighted by molar-refractivity contribution is 7.99. The van der Waals surface area contributed by atoms with Crippen molar-refractivity contribution in [3.05, 3.63) is 108 Å². The van der Waals surface area contributed by atoms with Crippen LogP contribution in [0.1, 0.15) is 28.4 Å². The Bertz CT molecular complexity index is 1230. The molecule has 0 aliphatic rings. The van der Waals surface area contributed by atoms with Crippen LogP contribution < -0.4 is 10.6 Å². The largest absolute Gasteiger partial charge is 0.351 e. The van der Waals surface area contributed by atoms with Crippen molar-refractivity contribution in [2.24, 2.45) is 7.05 Å². The summed E-state index contributed by atoms with van der Waals surface area (Å²) in [7, 11) is 1.83. The van der Waals surface area contributed by atoms with Gasteiger partial charge in [-0.2, -0.15) is 0 Å². The van der Waals surface area contributed by atoms with Crippen LogP contribution >= 0.6 is 11.8 Å². The number of aromatic nitrogens is 3. The second-order valence-electron chi connectivity index (χ2n) is 8.39. The van der Waals surface area contributed by atoms with Gasteiger partial charge in [0.15, 0.2) is 5.16 Å². The van der Waals surface area contributed by atoms with Crippen LogP contribution in [0.25, 0.3) is 0 Å².